The van der Waals surface area contributed by atoms with Crippen LogP contribution in [0.3, 0.4) is 0 Å². The lowest BCUT2D eigenvalue weighted by atomic mass is 10.1. The van der Waals surface area contributed by atoms with E-state index in [4.69, 9.17) is 16.9 Å². The van der Waals surface area contributed by atoms with E-state index < -0.39 is 0 Å². The number of halogens is 1. The molecule has 0 aliphatic rings. The fourth-order valence-corrected chi connectivity index (χ4v) is 1.61. The maximum Gasteiger partial charge on any atom is 0.0992 e. The second kappa shape index (κ2) is 6.52. The maximum atomic E-state index is 8.71. The van der Waals surface area contributed by atoms with E-state index in [0.717, 1.165) is 18.7 Å². The zero-order valence-electron chi connectivity index (χ0n) is 9.76. The molecule has 3 heteroatoms. The van der Waals surface area contributed by atoms with Crippen LogP contribution in [0.4, 0.5) is 0 Å². The number of nitrogens with zero attached hydrogens (tertiary/aromatic N) is 1. The first-order chi connectivity index (χ1) is 7.67. The maximum absolute atomic E-state index is 8.71. The Hall–Kier alpha value is -1.04. The molecule has 1 rings (SSSR count). The summed E-state index contributed by atoms with van der Waals surface area (Å²) in [6.45, 7) is 6.15. The van der Waals surface area contributed by atoms with Crippen molar-refractivity contribution in [2.75, 3.05) is 6.54 Å². The van der Waals surface area contributed by atoms with Crippen LogP contribution in [0.1, 0.15) is 31.4 Å². The third-order valence-corrected chi connectivity index (χ3v) is 3.04. The molecule has 0 aliphatic heterocycles. The van der Waals surface area contributed by atoms with Gasteiger partial charge in [0.05, 0.1) is 11.6 Å². The third-order valence-electron chi connectivity index (χ3n) is 2.69. The summed E-state index contributed by atoms with van der Waals surface area (Å²) in [5, 5.41) is 12.7. The Morgan fingerprint density at radius 2 is 2.25 bits per heavy atom. The minimum atomic E-state index is 0.607. The van der Waals surface area contributed by atoms with Gasteiger partial charge in [-0.3, -0.25) is 0 Å². The van der Waals surface area contributed by atoms with Gasteiger partial charge in [-0.25, -0.2) is 0 Å². The molecule has 1 aromatic rings. The molecule has 0 aromatic heterocycles. The fraction of sp³-hybridized carbons (Fsp3) is 0.462. The highest BCUT2D eigenvalue weighted by Crippen LogP contribution is 2.17. The smallest absolute Gasteiger partial charge is 0.0992 e. The summed E-state index contributed by atoms with van der Waals surface area (Å²) in [6, 6.07) is 7.49. The number of rotatable bonds is 5. The molecule has 0 saturated heterocycles. The number of hydrogen-bond acceptors (Lipinski definition) is 2. The summed E-state index contributed by atoms with van der Waals surface area (Å²) >= 11 is 6.07. The number of nitriles is 1. The Bertz CT molecular complexity index is 382. The number of hydrogen-bond donors (Lipinski definition) is 1. The summed E-state index contributed by atoms with van der Waals surface area (Å²) in [5.41, 5.74) is 1.65. The highest BCUT2D eigenvalue weighted by Gasteiger charge is 2.02. The van der Waals surface area contributed by atoms with E-state index in [1.807, 2.05) is 6.07 Å². The third kappa shape index (κ3) is 3.84. The first-order valence-corrected chi connectivity index (χ1v) is 5.94. The lowest BCUT2D eigenvalue weighted by Crippen LogP contribution is -2.20. The van der Waals surface area contributed by atoms with Crippen molar-refractivity contribution >= 4 is 11.6 Å². The van der Waals surface area contributed by atoms with Crippen LogP contribution in [-0.4, -0.2) is 6.54 Å². The van der Waals surface area contributed by atoms with Gasteiger partial charge in [-0.2, -0.15) is 5.26 Å². The van der Waals surface area contributed by atoms with Crippen LogP contribution < -0.4 is 5.32 Å². The summed E-state index contributed by atoms with van der Waals surface area (Å²) in [5.74, 6) is 0.678. The number of nitrogens with one attached hydrogen (secondary N) is 1. The minimum Gasteiger partial charge on any atom is -0.312 e. The summed E-state index contributed by atoms with van der Waals surface area (Å²) in [7, 11) is 0. The molecule has 0 saturated carbocycles. The predicted octanol–water partition coefficient (Wildman–Crippen LogP) is 3.35. The zero-order valence-corrected chi connectivity index (χ0v) is 10.5. The van der Waals surface area contributed by atoms with Gasteiger partial charge in [-0.15, -0.1) is 0 Å². The monoisotopic (exact) mass is 236 g/mol. The molecule has 1 aromatic carbocycles. The van der Waals surface area contributed by atoms with Crippen LogP contribution in [0.15, 0.2) is 18.2 Å². The Balaban J connectivity index is 2.52. The van der Waals surface area contributed by atoms with Gasteiger partial charge in [-0.05, 0) is 30.2 Å². The number of benzene rings is 1. The molecule has 0 spiro atoms. The van der Waals surface area contributed by atoms with E-state index in [2.05, 4.69) is 25.2 Å². The van der Waals surface area contributed by atoms with Crippen LogP contribution in [0.25, 0.3) is 0 Å². The largest absolute Gasteiger partial charge is 0.312 e. The quantitative estimate of drug-likeness (QED) is 0.851. The van der Waals surface area contributed by atoms with Crippen molar-refractivity contribution in [2.45, 2.75) is 26.8 Å². The van der Waals surface area contributed by atoms with E-state index in [1.165, 1.54) is 6.42 Å². The van der Waals surface area contributed by atoms with E-state index >= 15 is 0 Å². The molecule has 1 N–H and O–H groups in total. The van der Waals surface area contributed by atoms with Gasteiger partial charge in [0.2, 0.25) is 0 Å². The predicted molar refractivity (Wildman–Crippen MR) is 67.3 cm³/mol. The van der Waals surface area contributed by atoms with E-state index in [9.17, 15) is 0 Å². The van der Waals surface area contributed by atoms with Crippen molar-refractivity contribution < 1.29 is 0 Å². The first kappa shape index (κ1) is 13.0. The zero-order chi connectivity index (χ0) is 12.0. The standard InChI is InChI=1S/C13H17ClN2/c1-3-10(2)8-16-9-12-5-4-11(7-15)6-13(12)14/h4-6,10,16H,3,8-9H2,1-2H3. The van der Waals surface area contributed by atoms with Crippen LogP contribution in [0.2, 0.25) is 5.02 Å². The average molecular weight is 237 g/mol. The topological polar surface area (TPSA) is 35.8 Å². The molecule has 2 nitrogen and oxygen atoms in total. The molecule has 16 heavy (non-hydrogen) atoms. The minimum absolute atomic E-state index is 0.607. The molecule has 0 heterocycles. The van der Waals surface area contributed by atoms with Gasteiger partial charge < -0.3 is 5.32 Å². The molecule has 0 radical (unpaired) electrons. The van der Waals surface area contributed by atoms with Gasteiger partial charge in [0.15, 0.2) is 0 Å². The Kier molecular flexibility index (Phi) is 5.31. The van der Waals surface area contributed by atoms with E-state index in [-0.39, 0.29) is 0 Å². The molecule has 0 amide bonds. The van der Waals surface area contributed by atoms with Crippen molar-refractivity contribution in [3.63, 3.8) is 0 Å². The SMILES string of the molecule is CCC(C)CNCc1ccc(C#N)cc1Cl. The van der Waals surface area contributed by atoms with Gasteiger partial charge in [0.1, 0.15) is 0 Å². The molecule has 86 valence electrons. The van der Waals surface area contributed by atoms with Crippen molar-refractivity contribution in [3.8, 4) is 6.07 Å². The van der Waals surface area contributed by atoms with E-state index in [1.54, 1.807) is 12.1 Å². The lowest BCUT2D eigenvalue weighted by molar-refractivity contribution is 0.500. The molecule has 0 aliphatic carbocycles. The van der Waals surface area contributed by atoms with Crippen LogP contribution in [0.5, 0.6) is 0 Å². The van der Waals surface area contributed by atoms with Crippen molar-refractivity contribution in [2.24, 2.45) is 5.92 Å². The van der Waals surface area contributed by atoms with E-state index in [0.29, 0.717) is 16.5 Å². The van der Waals surface area contributed by atoms with Gasteiger partial charge in [-0.1, -0.05) is 37.9 Å². The van der Waals surface area contributed by atoms with Crippen LogP contribution in [0, 0.1) is 17.2 Å². The normalized spacial score (nSPS) is 12.1. The molecule has 1 atom stereocenters. The average Bonchev–Trinajstić information content (AvgIpc) is 2.30. The fourth-order valence-electron chi connectivity index (χ4n) is 1.36. The van der Waals surface area contributed by atoms with Gasteiger partial charge >= 0.3 is 0 Å². The Morgan fingerprint density at radius 1 is 1.50 bits per heavy atom. The second-order valence-corrected chi connectivity index (χ2v) is 4.47. The lowest BCUT2D eigenvalue weighted by Gasteiger charge is -2.10. The Labute approximate surface area is 102 Å². The molecular formula is C13H17ClN2. The van der Waals surface area contributed by atoms with Crippen LogP contribution >= 0.6 is 11.6 Å². The van der Waals surface area contributed by atoms with Gasteiger partial charge in [0, 0.05) is 11.6 Å². The highest BCUT2D eigenvalue weighted by atomic mass is 35.5. The summed E-state index contributed by atoms with van der Waals surface area (Å²) in [4.78, 5) is 0. The molecule has 0 bridgehead atoms. The Morgan fingerprint density at radius 3 is 2.81 bits per heavy atom. The second-order valence-electron chi connectivity index (χ2n) is 4.06. The van der Waals surface area contributed by atoms with Crippen LogP contribution in [-0.2, 0) is 6.54 Å². The van der Waals surface area contributed by atoms with Crippen molar-refractivity contribution in [3.05, 3.63) is 34.3 Å². The molecular weight excluding hydrogens is 220 g/mol. The van der Waals surface area contributed by atoms with Crippen molar-refractivity contribution in [1.82, 2.24) is 5.32 Å². The summed E-state index contributed by atoms with van der Waals surface area (Å²) in [6.07, 6.45) is 1.17. The highest BCUT2D eigenvalue weighted by molar-refractivity contribution is 6.31. The molecule has 0 fully saturated rings. The molecule has 1 unspecified atom stereocenters. The van der Waals surface area contributed by atoms with Crippen molar-refractivity contribution in [1.29, 1.82) is 5.26 Å². The first-order valence-electron chi connectivity index (χ1n) is 5.56. The van der Waals surface area contributed by atoms with Gasteiger partial charge in [0.25, 0.3) is 0 Å². The summed E-state index contributed by atoms with van der Waals surface area (Å²) < 4.78 is 0.